The maximum atomic E-state index is 11.8. The molecule has 0 aromatic rings. The van der Waals surface area contributed by atoms with Gasteiger partial charge in [-0.3, -0.25) is 9.59 Å². The Bertz CT molecular complexity index is 229. The topological polar surface area (TPSA) is 54.4 Å². The van der Waals surface area contributed by atoms with E-state index in [-0.39, 0.29) is 24.0 Å². The van der Waals surface area contributed by atoms with Crippen molar-refractivity contribution < 1.29 is 14.7 Å². The normalized spacial score (nSPS) is 19.8. The van der Waals surface area contributed by atoms with Crippen molar-refractivity contribution in [3.8, 4) is 0 Å². The van der Waals surface area contributed by atoms with Crippen LogP contribution in [0.1, 0.15) is 51.9 Å². The largest absolute Gasteiger partial charge is 0.481 e. The molecule has 1 fully saturated rings. The Morgan fingerprint density at radius 2 is 1.80 bits per heavy atom. The fourth-order valence-electron chi connectivity index (χ4n) is 2.30. The predicted octanol–water partition coefficient (Wildman–Crippen LogP) is 2.64. The zero-order valence-electron chi connectivity index (χ0n) is 9.37. The molecule has 3 nitrogen and oxygen atoms in total. The van der Waals surface area contributed by atoms with Crippen LogP contribution in [-0.4, -0.2) is 16.9 Å². The lowest BCUT2D eigenvalue weighted by Gasteiger charge is -2.21. The van der Waals surface area contributed by atoms with Crippen LogP contribution in [0.2, 0.25) is 0 Å². The van der Waals surface area contributed by atoms with E-state index in [1.54, 1.807) is 0 Å². The molecule has 86 valence electrons. The number of carboxylic acid groups (broad SMARTS) is 1. The molecule has 15 heavy (non-hydrogen) atoms. The summed E-state index contributed by atoms with van der Waals surface area (Å²) in [6.45, 7) is 1.84. The van der Waals surface area contributed by atoms with Gasteiger partial charge in [0.25, 0.3) is 0 Å². The van der Waals surface area contributed by atoms with E-state index in [1.807, 2.05) is 6.92 Å². The average molecular weight is 212 g/mol. The van der Waals surface area contributed by atoms with Crippen LogP contribution >= 0.6 is 0 Å². The molecule has 1 saturated carbocycles. The molecule has 1 aliphatic rings. The molecule has 3 heteroatoms. The summed E-state index contributed by atoms with van der Waals surface area (Å²) >= 11 is 0. The molecule has 1 atom stereocenters. The number of carbonyl (C=O) groups excluding carboxylic acids is 1. The average Bonchev–Trinajstić information content (AvgIpc) is 2.17. The van der Waals surface area contributed by atoms with E-state index in [0.717, 1.165) is 25.7 Å². The third-order valence-electron chi connectivity index (χ3n) is 3.13. The first kappa shape index (κ1) is 12.2. The lowest BCUT2D eigenvalue weighted by molar-refractivity contribution is -0.138. The van der Waals surface area contributed by atoms with Gasteiger partial charge in [0.1, 0.15) is 5.78 Å². The van der Waals surface area contributed by atoms with Crippen molar-refractivity contribution in [1.29, 1.82) is 0 Å². The summed E-state index contributed by atoms with van der Waals surface area (Å²) in [6, 6.07) is 0. The van der Waals surface area contributed by atoms with Gasteiger partial charge in [0, 0.05) is 18.8 Å². The molecule has 0 bridgehead atoms. The molecular weight excluding hydrogens is 192 g/mol. The summed E-state index contributed by atoms with van der Waals surface area (Å²) < 4.78 is 0. The van der Waals surface area contributed by atoms with Gasteiger partial charge in [-0.2, -0.15) is 0 Å². The van der Waals surface area contributed by atoms with Gasteiger partial charge in [0.05, 0.1) is 0 Å². The van der Waals surface area contributed by atoms with Crippen LogP contribution in [0.5, 0.6) is 0 Å². The number of hydrogen-bond acceptors (Lipinski definition) is 2. The Kier molecular flexibility index (Phi) is 4.79. The summed E-state index contributed by atoms with van der Waals surface area (Å²) in [4.78, 5) is 22.3. The third-order valence-corrected chi connectivity index (χ3v) is 3.13. The SMILES string of the molecule is CC(CC(=O)O)CC(=O)C1CCCCC1. The Labute approximate surface area is 90.9 Å². The number of hydrogen-bond donors (Lipinski definition) is 1. The second-order valence-corrected chi connectivity index (χ2v) is 4.71. The van der Waals surface area contributed by atoms with E-state index in [0.29, 0.717) is 6.42 Å². The Balaban J connectivity index is 2.30. The standard InChI is InChI=1S/C12H20O3/c1-9(8-12(14)15)7-11(13)10-5-3-2-4-6-10/h9-10H,2-8H2,1H3,(H,14,15). The van der Waals surface area contributed by atoms with Gasteiger partial charge in [-0.05, 0) is 18.8 Å². The van der Waals surface area contributed by atoms with Crippen molar-refractivity contribution >= 4 is 11.8 Å². The quantitative estimate of drug-likeness (QED) is 0.762. The number of carboxylic acids is 1. The van der Waals surface area contributed by atoms with Crippen molar-refractivity contribution in [3.63, 3.8) is 0 Å². The second kappa shape index (κ2) is 5.89. The zero-order chi connectivity index (χ0) is 11.3. The summed E-state index contributed by atoms with van der Waals surface area (Å²) in [7, 11) is 0. The van der Waals surface area contributed by atoms with Crippen molar-refractivity contribution in [1.82, 2.24) is 0 Å². The molecule has 1 N–H and O–H groups in total. The van der Waals surface area contributed by atoms with Crippen LogP contribution in [-0.2, 0) is 9.59 Å². The number of rotatable bonds is 5. The Morgan fingerprint density at radius 3 is 2.33 bits per heavy atom. The van der Waals surface area contributed by atoms with Gasteiger partial charge in [-0.25, -0.2) is 0 Å². The van der Waals surface area contributed by atoms with Crippen LogP contribution < -0.4 is 0 Å². The lowest BCUT2D eigenvalue weighted by atomic mass is 9.83. The molecule has 1 aliphatic carbocycles. The van der Waals surface area contributed by atoms with Crippen LogP contribution in [0.3, 0.4) is 0 Å². The molecule has 1 unspecified atom stereocenters. The molecule has 0 heterocycles. The fraction of sp³-hybridized carbons (Fsp3) is 0.833. The highest BCUT2D eigenvalue weighted by Gasteiger charge is 2.23. The highest BCUT2D eigenvalue weighted by molar-refractivity contribution is 5.81. The summed E-state index contributed by atoms with van der Waals surface area (Å²) in [5.41, 5.74) is 0. The number of ketones is 1. The van der Waals surface area contributed by atoms with Crippen molar-refractivity contribution in [2.75, 3.05) is 0 Å². The molecule has 0 aromatic heterocycles. The fourth-order valence-corrected chi connectivity index (χ4v) is 2.30. The molecule has 0 aromatic carbocycles. The van der Waals surface area contributed by atoms with Gasteiger partial charge < -0.3 is 5.11 Å². The minimum absolute atomic E-state index is 0.0167. The maximum absolute atomic E-state index is 11.8. The molecule has 0 amide bonds. The second-order valence-electron chi connectivity index (χ2n) is 4.71. The highest BCUT2D eigenvalue weighted by Crippen LogP contribution is 2.26. The molecule has 0 spiro atoms. The van der Waals surface area contributed by atoms with E-state index in [4.69, 9.17) is 5.11 Å². The summed E-state index contributed by atoms with van der Waals surface area (Å²) in [6.07, 6.45) is 6.13. The van der Waals surface area contributed by atoms with E-state index in [2.05, 4.69) is 0 Å². The van der Waals surface area contributed by atoms with Crippen LogP contribution in [0.25, 0.3) is 0 Å². The van der Waals surface area contributed by atoms with Crippen molar-refractivity contribution in [3.05, 3.63) is 0 Å². The molecular formula is C12H20O3. The summed E-state index contributed by atoms with van der Waals surface area (Å²) in [5, 5.41) is 8.60. The predicted molar refractivity (Wildman–Crippen MR) is 57.6 cm³/mol. The van der Waals surface area contributed by atoms with Crippen molar-refractivity contribution in [2.24, 2.45) is 11.8 Å². The van der Waals surface area contributed by atoms with Gasteiger partial charge in [0.15, 0.2) is 0 Å². The minimum atomic E-state index is -0.807. The number of aliphatic carboxylic acids is 1. The van der Waals surface area contributed by atoms with Gasteiger partial charge in [-0.1, -0.05) is 26.2 Å². The van der Waals surface area contributed by atoms with Crippen LogP contribution in [0, 0.1) is 11.8 Å². The maximum Gasteiger partial charge on any atom is 0.303 e. The molecule has 0 aliphatic heterocycles. The first-order valence-corrected chi connectivity index (χ1v) is 5.84. The van der Waals surface area contributed by atoms with Gasteiger partial charge in [0.2, 0.25) is 0 Å². The van der Waals surface area contributed by atoms with Crippen molar-refractivity contribution in [2.45, 2.75) is 51.9 Å². The Hall–Kier alpha value is -0.860. The minimum Gasteiger partial charge on any atom is -0.481 e. The number of Topliss-reactive ketones (excluding diaryl/α,β-unsaturated/α-hetero) is 1. The molecule has 0 saturated heterocycles. The zero-order valence-corrected chi connectivity index (χ0v) is 9.37. The number of carbonyl (C=O) groups is 2. The van der Waals surface area contributed by atoms with E-state index in [9.17, 15) is 9.59 Å². The summed E-state index contributed by atoms with van der Waals surface area (Å²) in [5.74, 6) is -0.325. The van der Waals surface area contributed by atoms with E-state index >= 15 is 0 Å². The van der Waals surface area contributed by atoms with E-state index in [1.165, 1.54) is 6.42 Å². The Morgan fingerprint density at radius 1 is 1.20 bits per heavy atom. The first-order chi connectivity index (χ1) is 7.09. The smallest absolute Gasteiger partial charge is 0.303 e. The monoisotopic (exact) mass is 212 g/mol. The highest BCUT2D eigenvalue weighted by atomic mass is 16.4. The van der Waals surface area contributed by atoms with Crippen LogP contribution in [0.4, 0.5) is 0 Å². The van der Waals surface area contributed by atoms with Gasteiger partial charge in [-0.15, -0.1) is 0 Å². The first-order valence-electron chi connectivity index (χ1n) is 5.84. The van der Waals surface area contributed by atoms with Gasteiger partial charge >= 0.3 is 5.97 Å². The molecule has 0 radical (unpaired) electrons. The third kappa shape index (κ3) is 4.45. The van der Waals surface area contributed by atoms with E-state index < -0.39 is 5.97 Å². The molecule has 1 rings (SSSR count). The lowest BCUT2D eigenvalue weighted by Crippen LogP contribution is -2.20. The van der Waals surface area contributed by atoms with Crippen LogP contribution in [0.15, 0.2) is 0 Å².